The van der Waals surface area contributed by atoms with Gasteiger partial charge in [0.05, 0.1) is 31.3 Å². The second-order valence-electron chi connectivity index (χ2n) is 10.3. The lowest BCUT2D eigenvalue weighted by Gasteiger charge is -2.44. The molecule has 3 rings (SSSR count). The molecule has 1 unspecified atom stereocenters. The highest BCUT2D eigenvalue weighted by Crippen LogP contribution is 2.50. The van der Waals surface area contributed by atoms with E-state index in [9.17, 15) is 10.0 Å². The molecular weight excluding hydrogens is 468 g/mol. The maximum Gasteiger partial charge on any atom is 0.356 e. The van der Waals surface area contributed by atoms with Gasteiger partial charge in [-0.2, -0.15) is 0 Å². The van der Waals surface area contributed by atoms with Crippen LogP contribution in [-0.4, -0.2) is 41.1 Å². The molecule has 206 valence electrons. The molecule has 7 heteroatoms. The second kappa shape index (κ2) is 14.7. The molecule has 0 aromatic carbocycles. The first-order valence-electron chi connectivity index (χ1n) is 12.9. The number of ether oxygens (including phenoxy) is 2. The molecule has 2 aliphatic carbocycles. The first-order valence-corrected chi connectivity index (χ1v) is 12.9. The number of rotatable bonds is 8. The normalized spacial score (nSPS) is 16.9. The van der Waals surface area contributed by atoms with E-state index in [2.05, 4.69) is 24.0 Å². The van der Waals surface area contributed by atoms with Crippen molar-refractivity contribution >= 4 is 5.97 Å². The van der Waals surface area contributed by atoms with E-state index in [1.54, 1.807) is 33.9 Å². The van der Waals surface area contributed by atoms with Gasteiger partial charge < -0.3 is 14.6 Å². The van der Waals surface area contributed by atoms with E-state index in [0.717, 1.165) is 35.4 Å². The van der Waals surface area contributed by atoms with Crippen molar-refractivity contribution in [2.75, 3.05) is 14.2 Å². The second-order valence-corrected chi connectivity index (χ2v) is 10.3. The van der Waals surface area contributed by atoms with E-state index in [0.29, 0.717) is 18.5 Å². The molecule has 0 bridgehead atoms. The molecule has 0 saturated heterocycles. The first kappa shape index (κ1) is 32.1. The van der Waals surface area contributed by atoms with Crippen molar-refractivity contribution < 1.29 is 24.6 Å². The monoisotopic (exact) mass is 514 g/mol. The molecule has 2 aliphatic rings. The number of carbonyl (C=O) groups is 1. The van der Waals surface area contributed by atoms with Crippen LogP contribution in [0.25, 0.3) is 0 Å². The van der Waals surface area contributed by atoms with Crippen LogP contribution >= 0.6 is 0 Å². The van der Waals surface area contributed by atoms with Gasteiger partial charge >= 0.3 is 5.97 Å². The van der Waals surface area contributed by atoms with E-state index in [1.165, 1.54) is 13.5 Å². The Hall–Kier alpha value is -2.90. The predicted octanol–water partition coefficient (Wildman–Crippen LogP) is 6.30. The third-order valence-corrected chi connectivity index (χ3v) is 6.29. The number of hydrogen-bond donors (Lipinski definition) is 3. The Kier molecular flexibility index (Phi) is 12.8. The summed E-state index contributed by atoms with van der Waals surface area (Å²) in [6.07, 6.45) is 10.3. The third-order valence-electron chi connectivity index (χ3n) is 6.29. The molecule has 1 fully saturated rings. The summed E-state index contributed by atoms with van der Waals surface area (Å²) in [4.78, 5) is 16.4. The fourth-order valence-electron chi connectivity index (χ4n) is 4.12. The van der Waals surface area contributed by atoms with Crippen LogP contribution in [0.3, 0.4) is 0 Å². The molecule has 7 nitrogen and oxygen atoms in total. The number of hydrogen-bond acceptors (Lipinski definition) is 7. The zero-order chi connectivity index (χ0) is 28.2. The molecule has 1 atom stereocenters. The standard InChI is InChI=1S/C24H30N2O4.C4H10O.C2H6/c1-16(24(2)13-6-14-24)20(15-17-7-5-8-22(25-17)23(27)30-4)19-11-9-18(29-3)10-12-21(19)26-28;1-4(2,3)5;1-2/h5,7-9,11-12,20,26,28H,1,6,10,13-15H2,2-4H3;5H,1-3H3;1-2H3. The van der Waals surface area contributed by atoms with Gasteiger partial charge in [-0.05, 0) is 62.8 Å². The number of aliphatic hydroxyl groups is 1. The van der Waals surface area contributed by atoms with E-state index < -0.39 is 11.6 Å². The molecule has 37 heavy (non-hydrogen) atoms. The zero-order valence-corrected chi connectivity index (χ0v) is 23.9. The Morgan fingerprint density at radius 1 is 1.22 bits per heavy atom. The van der Waals surface area contributed by atoms with Gasteiger partial charge in [0.25, 0.3) is 0 Å². The summed E-state index contributed by atoms with van der Waals surface area (Å²) < 4.78 is 10.2. The van der Waals surface area contributed by atoms with Crippen LogP contribution in [0.5, 0.6) is 0 Å². The number of methoxy groups -OCH3 is 2. The number of esters is 1. The van der Waals surface area contributed by atoms with E-state index >= 15 is 0 Å². The minimum atomic E-state index is -0.500. The van der Waals surface area contributed by atoms with Crippen molar-refractivity contribution in [2.45, 2.75) is 79.2 Å². The number of carbonyl (C=O) groups excluding carboxylic acids is 1. The lowest BCUT2D eigenvalue weighted by Crippen LogP contribution is -2.33. The fraction of sp³-hybridized carbons (Fsp3) is 0.533. The Morgan fingerprint density at radius 3 is 2.32 bits per heavy atom. The average Bonchev–Trinajstić information content (AvgIpc) is 3.07. The Balaban J connectivity index is 0.000000874. The smallest absolute Gasteiger partial charge is 0.356 e. The summed E-state index contributed by atoms with van der Waals surface area (Å²) in [7, 11) is 2.98. The van der Waals surface area contributed by atoms with Crippen LogP contribution in [0.2, 0.25) is 0 Å². The van der Waals surface area contributed by atoms with Crippen molar-refractivity contribution in [1.82, 2.24) is 10.5 Å². The zero-order valence-electron chi connectivity index (χ0n) is 23.9. The lowest BCUT2D eigenvalue weighted by molar-refractivity contribution is 0.0593. The summed E-state index contributed by atoms with van der Waals surface area (Å²) in [5.41, 5.74) is 5.62. The Morgan fingerprint density at radius 2 is 1.84 bits per heavy atom. The van der Waals surface area contributed by atoms with E-state index in [1.807, 2.05) is 44.2 Å². The Labute approximate surface area is 222 Å². The minimum absolute atomic E-state index is 0.0478. The van der Waals surface area contributed by atoms with Crippen molar-refractivity contribution in [3.05, 3.63) is 77.0 Å². The molecule has 0 aliphatic heterocycles. The maximum absolute atomic E-state index is 11.9. The summed E-state index contributed by atoms with van der Waals surface area (Å²) in [6.45, 7) is 16.0. The number of hydroxylamine groups is 1. The number of pyridine rings is 1. The van der Waals surface area contributed by atoms with Gasteiger partial charge in [-0.25, -0.2) is 9.78 Å². The maximum atomic E-state index is 11.9. The molecule has 1 aromatic heterocycles. The highest BCUT2D eigenvalue weighted by atomic mass is 16.5. The van der Waals surface area contributed by atoms with Crippen molar-refractivity contribution in [3.8, 4) is 0 Å². The van der Waals surface area contributed by atoms with Crippen LogP contribution in [0.1, 0.15) is 83.4 Å². The average molecular weight is 515 g/mol. The number of nitrogens with one attached hydrogen (secondary N) is 1. The molecule has 0 spiro atoms. The predicted molar refractivity (Wildman–Crippen MR) is 148 cm³/mol. The molecular formula is C30H46N2O5. The molecule has 0 radical (unpaired) electrons. The molecule has 3 N–H and O–H groups in total. The third kappa shape index (κ3) is 9.82. The number of aromatic nitrogens is 1. The number of nitrogens with zero attached hydrogens (tertiary/aromatic N) is 1. The van der Waals surface area contributed by atoms with Crippen molar-refractivity contribution in [3.63, 3.8) is 0 Å². The largest absolute Gasteiger partial charge is 0.501 e. The quantitative estimate of drug-likeness (QED) is 0.213. The van der Waals surface area contributed by atoms with Gasteiger partial charge in [-0.1, -0.05) is 57.6 Å². The van der Waals surface area contributed by atoms with Crippen LogP contribution < -0.4 is 5.48 Å². The summed E-state index contributed by atoms with van der Waals surface area (Å²) in [5, 5.41) is 18.4. The van der Waals surface area contributed by atoms with Gasteiger partial charge in [0.1, 0.15) is 5.69 Å². The van der Waals surface area contributed by atoms with Gasteiger partial charge in [0.2, 0.25) is 0 Å². The van der Waals surface area contributed by atoms with Gasteiger partial charge in [-0.3, -0.25) is 10.7 Å². The lowest BCUT2D eigenvalue weighted by atomic mass is 9.61. The number of allylic oxidation sites excluding steroid dienone is 5. The highest BCUT2D eigenvalue weighted by Gasteiger charge is 2.39. The molecule has 0 amide bonds. The van der Waals surface area contributed by atoms with E-state index in [4.69, 9.17) is 14.6 Å². The van der Waals surface area contributed by atoms with E-state index in [-0.39, 0.29) is 17.0 Å². The van der Waals surface area contributed by atoms with Gasteiger partial charge in [-0.15, -0.1) is 0 Å². The van der Waals surface area contributed by atoms with Crippen molar-refractivity contribution in [2.24, 2.45) is 11.3 Å². The summed E-state index contributed by atoms with van der Waals surface area (Å²) >= 11 is 0. The van der Waals surface area contributed by atoms with Crippen LogP contribution in [0.4, 0.5) is 0 Å². The summed E-state index contributed by atoms with van der Waals surface area (Å²) in [5.74, 6) is 0.258. The molecule has 1 aromatic rings. The van der Waals surface area contributed by atoms with Crippen molar-refractivity contribution in [1.29, 1.82) is 0 Å². The first-order chi connectivity index (χ1) is 17.4. The van der Waals surface area contributed by atoms with Crippen LogP contribution in [0, 0.1) is 11.3 Å². The van der Waals surface area contributed by atoms with Gasteiger partial charge in [0.15, 0.2) is 0 Å². The summed E-state index contributed by atoms with van der Waals surface area (Å²) in [6, 6.07) is 5.36. The fourth-order valence-corrected chi connectivity index (χ4v) is 4.12. The Bertz CT molecular complexity index is 991. The SMILES string of the molecule is C=C(C(Cc1cccc(C(=O)OC)n1)C1=CC=C(OC)CC=C1NO)C1(C)CCC1.CC.CC(C)(C)O. The van der Waals surface area contributed by atoms with Crippen LogP contribution in [0.15, 0.2) is 65.6 Å². The van der Waals surface area contributed by atoms with Gasteiger partial charge in [0, 0.05) is 24.5 Å². The molecule has 1 heterocycles. The molecule has 1 saturated carbocycles. The highest BCUT2D eigenvalue weighted by molar-refractivity contribution is 5.87. The topological polar surface area (TPSA) is 101 Å². The van der Waals surface area contributed by atoms with Crippen LogP contribution in [-0.2, 0) is 15.9 Å². The minimum Gasteiger partial charge on any atom is -0.501 e.